The van der Waals surface area contributed by atoms with E-state index in [1.165, 1.54) is 0 Å². The average molecular weight is 323 g/mol. The molecule has 0 aliphatic carbocycles. The molecule has 2 unspecified atom stereocenters. The molecule has 1 fully saturated rings. The fourth-order valence-corrected chi connectivity index (χ4v) is 3.10. The van der Waals surface area contributed by atoms with Gasteiger partial charge in [0, 0.05) is 19.0 Å². The summed E-state index contributed by atoms with van der Waals surface area (Å²) < 4.78 is 16.7. The van der Waals surface area contributed by atoms with Crippen molar-refractivity contribution in [2.45, 2.75) is 32.3 Å². The quantitative estimate of drug-likeness (QED) is 0.835. The maximum absolute atomic E-state index is 10.3. The summed E-state index contributed by atoms with van der Waals surface area (Å²) in [6.07, 6.45) is 2.30. The molecule has 0 spiro atoms. The Balaban J connectivity index is 2.21. The predicted molar refractivity (Wildman–Crippen MR) is 90.6 cm³/mol. The molecule has 2 rings (SSSR count). The van der Waals surface area contributed by atoms with Crippen molar-refractivity contribution < 1.29 is 19.3 Å². The van der Waals surface area contributed by atoms with Crippen LogP contribution in [0.2, 0.25) is 0 Å². The zero-order valence-electron chi connectivity index (χ0n) is 14.7. The molecule has 2 atom stereocenters. The Morgan fingerprint density at radius 1 is 1.22 bits per heavy atom. The van der Waals surface area contributed by atoms with Gasteiger partial charge in [-0.15, -0.1) is 0 Å². The standard InChI is InChI=1S/C18H29NO4/c1-5-8-23-18-16(21-3)10-13(11-17(18)22-4)9-14-12-19(2)7-6-15(14)20/h10-11,14-15,20H,5-9,12H2,1-4H3. The van der Waals surface area contributed by atoms with E-state index in [0.717, 1.165) is 37.9 Å². The van der Waals surface area contributed by atoms with Crippen molar-refractivity contribution in [1.82, 2.24) is 4.90 Å². The van der Waals surface area contributed by atoms with Gasteiger partial charge in [-0.2, -0.15) is 0 Å². The van der Waals surface area contributed by atoms with Gasteiger partial charge in [-0.25, -0.2) is 0 Å². The average Bonchev–Trinajstić information content (AvgIpc) is 2.56. The first-order valence-corrected chi connectivity index (χ1v) is 8.33. The molecule has 1 aromatic rings. The molecule has 130 valence electrons. The number of likely N-dealkylation sites (tertiary alicyclic amines) is 1. The van der Waals surface area contributed by atoms with Gasteiger partial charge in [0.05, 0.1) is 26.9 Å². The summed E-state index contributed by atoms with van der Waals surface area (Å²) in [5.41, 5.74) is 1.10. The second-order valence-electron chi connectivity index (χ2n) is 6.26. The van der Waals surface area contributed by atoms with Crippen molar-refractivity contribution in [1.29, 1.82) is 0 Å². The van der Waals surface area contributed by atoms with Crippen LogP contribution < -0.4 is 14.2 Å². The lowest BCUT2D eigenvalue weighted by Crippen LogP contribution is -2.41. The van der Waals surface area contributed by atoms with E-state index in [1.807, 2.05) is 12.1 Å². The van der Waals surface area contributed by atoms with Crippen molar-refractivity contribution in [2.75, 3.05) is 41.0 Å². The van der Waals surface area contributed by atoms with E-state index in [9.17, 15) is 5.11 Å². The Kier molecular flexibility index (Phi) is 6.54. The highest BCUT2D eigenvalue weighted by Crippen LogP contribution is 2.39. The lowest BCUT2D eigenvalue weighted by molar-refractivity contribution is 0.0366. The minimum absolute atomic E-state index is 0.227. The summed E-state index contributed by atoms with van der Waals surface area (Å²) in [4.78, 5) is 2.27. The van der Waals surface area contributed by atoms with Gasteiger partial charge < -0.3 is 24.2 Å². The van der Waals surface area contributed by atoms with Crippen molar-refractivity contribution in [2.24, 2.45) is 5.92 Å². The van der Waals surface area contributed by atoms with Gasteiger partial charge in [0.1, 0.15) is 0 Å². The molecule has 5 heteroatoms. The first-order chi connectivity index (χ1) is 11.1. The van der Waals surface area contributed by atoms with Gasteiger partial charge in [0.15, 0.2) is 11.5 Å². The molecule has 1 saturated heterocycles. The molecule has 0 aromatic heterocycles. The van der Waals surface area contributed by atoms with E-state index in [4.69, 9.17) is 14.2 Å². The zero-order valence-corrected chi connectivity index (χ0v) is 14.7. The molecular formula is C18H29NO4. The van der Waals surface area contributed by atoms with Crippen LogP contribution in [0.5, 0.6) is 17.2 Å². The highest BCUT2D eigenvalue weighted by Gasteiger charge is 2.27. The van der Waals surface area contributed by atoms with Crippen molar-refractivity contribution >= 4 is 0 Å². The van der Waals surface area contributed by atoms with Crippen LogP contribution in [0.25, 0.3) is 0 Å². The van der Waals surface area contributed by atoms with E-state index in [-0.39, 0.29) is 12.0 Å². The topological polar surface area (TPSA) is 51.2 Å². The SMILES string of the molecule is CCCOc1c(OC)cc(CC2CN(C)CCC2O)cc1OC. The third-order valence-electron chi connectivity index (χ3n) is 4.37. The van der Waals surface area contributed by atoms with Crippen LogP contribution in [0.4, 0.5) is 0 Å². The normalized spacial score (nSPS) is 22.0. The predicted octanol–water partition coefficient (Wildman–Crippen LogP) is 2.35. The van der Waals surface area contributed by atoms with Crippen molar-refractivity contribution in [3.8, 4) is 17.2 Å². The van der Waals surface area contributed by atoms with Crippen LogP contribution in [-0.2, 0) is 6.42 Å². The number of piperidine rings is 1. The van der Waals surface area contributed by atoms with Crippen molar-refractivity contribution in [3.05, 3.63) is 17.7 Å². The molecule has 0 bridgehead atoms. The number of ether oxygens (including phenoxy) is 3. The van der Waals surface area contributed by atoms with E-state index in [2.05, 4.69) is 18.9 Å². The summed E-state index contributed by atoms with van der Waals surface area (Å²) in [5.74, 6) is 2.25. The number of aliphatic hydroxyl groups excluding tert-OH is 1. The minimum atomic E-state index is -0.251. The molecule has 1 aliphatic heterocycles. The molecule has 1 aromatic carbocycles. The van der Waals surface area contributed by atoms with Gasteiger partial charge in [0.25, 0.3) is 0 Å². The Labute approximate surface area is 139 Å². The summed E-state index contributed by atoms with van der Waals surface area (Å²) in [7, 11) is 5.38. The van der Waals surface area contributed by atoms with Gasteiger partial charge in [0.2, 0.25) is 5.75 Å². The number of hydrogen-bond donors (Lipinski definition) is 1. The summed E-state index contributed by atoms with van der Waals surface area (Å²) >= 11 is 0. The van der Waals surface area contributed by atoms with E-state index in [1.54, 1.807) is 14.2 Å². The lowest BCUT2D eigenvalue weighted by atomic mass is 9.89. The Morgan fingerprint density at radius 2 is 1.87 bits per heavy atom. The molecule has 5 nitrogen and oxygen atoms in total. The first kappa shape index (κ1) is 17.9. The monoisotopic (exact) mass is 323 g/mol. The Morgan fingerprint density at radius 3 is 2.43 bits per heavy atom. The highest BCUT2D eigenvalue weighted by atomic mass is 16.5. The van der Waals surface area contributed by atoms with Crippen LogP contribution in [-0.4, -0.2) is 57.1 Å². The number of nitrogens with zero attached hydrogens (tertiary/aromatic N) is 1. The Hall–Kier alpha value is -1.46. The largest absolute Gasteiger partial charge is 0.493 e. The second-order valence-corrected chi connectivity index (χ2v) is 6.26. The molecular weight excluding hydrogens is 294 g/mol. The lowest BCUT2D eigenvalue weighted by Gasteiger charge is -2.34. The minimum Gasteiger partial charge on any atom is -0.493 e. The van der Waals surface area contributed by atoms with Crippen molar-refractivity contribution in [3.63, 3.8) is 0 Å². The maximum Gasteiger partial charge on any atom is 0.203 e. The second kappa shape index (κ2) is 8.41. The summed E-state index contributed by atoms with van der Waals surface area (Å²) in [6, 6.07) is 3.99. The van der Waals surface area contributed by atoms with Crippen LogP contribution in [0, 0.1) is 5.92 Å². The first-order valence-electron chi connectivity index (χ1n) is 8.33. The van der Waals surface area contributed by atoms with Gasteiger partial charge in [-0.05, 0) is 44.0 Å². The van der Waals surface area contributed by atoms with Crippen LogP contribution >= 0.6 is 0 Å². The number of aliphatic hydroxyl groups is 1. The number of rotatable bonds is 7. The number of benzene rings is 1. The van der Waals surface area contributed by atoms with Gasteiger partial charge in [-0.1, -0.05) is 6.92 Å². The van der Waals surface area contributed by atoms with Crippen LogP contribution in [0.3, 0.4) is 0 Å². The summed E-state index contributed by atoms with van der Waals surface area (Å²) in [5, 5.41) is 10.3. The molecule has 0 saturated carbocycles. The smallest absolute Gasteiger partial charge is 0.203 e. The van der Waals surface area contributed by atoms with E-state index in [0.29, 0.717) is 23.9 Å². The molecule has 1 N–H and O–H groups in total. The zero-order chi connectivity index (χ0) is 16.8. The highest BCUT2D eigenvalue weighted by molar-refractivity contribution is 5.54. The van der Waals surface area contributed by atoms with E-state index < -0.39 is 0 Å². The number of methoxy groups -OCH3 is 2. The van der Waals surface area contributed by atoms with E-state index >= 15 is 0 Å². The van der Waals surface area contributed by atoms with Crippen LogP contribution in [0.1, 0.15) is 25.3 Å². The molecule has 0 radical (unpaired) electrons. The molecule has 1 aliphatic rings. The van der Waals surface area contributed by atoms with Gasteiger partial charge >= 0.3 is 0 Å². The van der Waals surface area contributed by atoms with Gasteiger partial charge in [-0.3, -0.25) is 0 Å². The third-order valence-corrected chi connectivity index (χ3v) is 4.37. The molecule has 23 heavy (non-hydrogen) atoms. The number of hydrogen-bond acceptors (Lipinski definition) is 5. The Bertz CT molecular complexity index is 481. The van der Waals surface area contributed by atoms with Crippen LogP contribution in [0.15, 0.2) is 12.1 Å². The fourth-order valence-electron chi connectivity index (χ4n) is 3.10. The molecule has 1 heterocycles. The summed E-state index contributed by atoms with van der Waals surface area (Å²) in [6.45, 7) is 4.54. The molecule has 0 amide bonds. The third kappa shape index (κ3) is 4.52. The fraction of sp³-hybridized carbons (Fsp3) is 0.667. The maximum atomic E-state index is 10.3.